The van der Waals surface area contributed by atoms with Crippen molar-refractivity contribution < 1.29 is 9.21 Å². The summed E-state index contributed by atoms with van der Waals surface area (Å²) < 4.78 is 5.40. The second-order valence-corrected chi connectivity index (χ2v) is 5.53. The first kappa shape index (κ1) is 13.0. The fourth-order valence-electron chi connectivity index (χ4n) is 2.11. The maximum Gasteiger partial charge on any atom is 0.176 e. The quantitative estimate of drug-likeness (QED) is 0.643. The number of Topliss-reactive ketones (excluding diaryl/α,β-unsaturated/α-hetero) is 1. The summed E-state index contributed by atoms with van der Waals surface area (Å²) in [5, 5.41) is 0.901. The van der Waals surface area contributed by atoms with E-state index in [0.717, 1.165) is 16.7 Å². The van der Waals surface area contributed by atoms with Crippen molar-refractivity contribution in [2.75, 3.05) is 5.75 Å². The Morgan fingerprint density at radius 2 is 1.75 bits per heavy atom. The molecule has 0 fully saturated rings. The molecule has 0 spiro atoms. The highest BCUT2D eigenvalue weighted by Gasteiger charge is 2.13. The highest BCUT2D eigenvalue weighted by atomic mass is 32.2. The van der Waals surface area contributed by atoms with Gasteiger partial charge in [-0.15, -0.1) is 11.8 Å². The van der Waals surface area contributed by atoms with Crippen LogP contribution < -0.4 is 0 Å². The van der Waals surface area contributed by atoms with Crippen LogP contribution in [0, 0.1) is 0 Å². The predicted molar refractivity (Wildman–Crippen MR) is 83.1 cm³/mol. The Morgan fingerprint density at radius 1 is 1.00 bits per heavy atom. The molecule has 1 heterocycles. The van der Waals surface area contributed by atoms with Gasteiger partial charge in [-0.25, -0.2) is 0 Å². The monoisotopic (exact) mass is 282 g/mol. The average molecular weight is 282 g/mol. The fourth-order valence-corrected chi connectivity index (χ4v) is 2.98. The zero-order chi connectivity index (χ0) is 13.8. The van der Waals surface area contributed by atoms with E-state index in [1.807, 2.05) is 42.5 Å². The smallest absolute Gasteiger partial charge is 0.176 e. The number of thioether (sulfide) groups is 1. The van der Waals surface area contributed by atoms with E-state index in [9.17, 15) is 4.79 Å². The van der Waals surface area contributed by atoms with Crippen molar-refractivity contribution in [2.24, 2.45) is 0 Å². The number of benzene rings is 2. The molecule has 0 aliphatic carbocycles. The molecule has 3 rings (SSSR count). The lowest BCUT2D eigenvalue weighted by Gasteiger charge is -2.00. The van der Waals surface area contributed by atoms with Gasteiger partial charge in [-0.1, -0.05) is 48.5 Å². The molecule has 0 saturated carbocycles. The summed E-state index contributed by atoms with van der Waals surface area (Å²) >= 11 is 1.63. The number of furan rings is 1. The number of carbonyl (C=O) groups excluding carboxylic acids is 1. The third kappa shape index (κ3) is 2.78. The average Bonchev–Trinajstić information content (AvgIpc) is 2.92. The Labute approximate surface area is 121 Å². The minimum Gasteiger partial charge on any atom is -0.464 e. The van der Waals surface area contributed by atoms with Crippen LogP contribution in [0.15, 0.2) is 65.3 Å². The molecule has 0 amide bonds. The van der Waals surface area contributed by atoms with E-state index in [1.165, 1.54) is 5.56 Å². The topological polar surface area (TPSA) is 30.2 Å². The second-order valence-electron chi connectivity index (χ2n) is 4.55. The second kappa shape index (κ2) is 5.97. The number of ketones is 1. The van der Waals surface area contributed by atoms with Gasteiger partial charge < -0.3 is 4.42 Å². The largest absolute Gasteiger partial charge is 0.464 e. The minimum absolute atomic E-state index is 0.121. The van der Waals surface area contributed by atoms with Crippen molar-refractivity contribution in [2.45, 2.75) is 5.75 Å². The van der Waals surface area contributed by atoms with Crippen molar-refractivity contribution in [3.8, 4) is 0 Å². The van der Waals surface area contributed by atoms with E-state index >= 15 is 0 Å². The van der Waals surface area contributed by atoms with Crippen LogP contribution in [0.1, 0.15) is 15.9 Å². The van der Waals surface area contributed by atoms with Crippen LogP contribution in [0.3, 0.4) is 0 Å². The minimum atomic E-state index is 0.121. The Hall–Kier alpha value is -2.00. The third-order valence-electron chi connectivity index (χ3n) is 3.13. The molecule has 1 aromatic heterocycles. The van der Waals surface area contributed by atoms with Crippen molar-refractivity contribution in [3.63, 3.8) is 0 Å². The molecule has 20 heavy (non-hydrogen) atoms. The molecule has 100 valence electrons. The Bertz CT molecular complexity index is 716. The Balaban J connectivity index is 1.65. The van der Waals surface area contributed by atoms with Gasteiger partial charge in [0, 0.05) is 11.1 Å². The number of carbonyl (C=O) groups is 1. The van der Waals surface area contributed by atoms with Crippen LogP contribution in [0.5, 0.6) is 0 Å². The van der Waals surface area contributed by atoms with Crippen LogP contribution in [0.25, 0.3) is 11.0 Å². The van der Waals surface area contributed by atoms with Gasteiger partial charge in [0.2, 0.25) is 0 Å². The molecule has 0 atom stereocenters. The van der Waals surface area contributed by atoms with Crippen LogP contribution in [0.4, 0.5) is 0 Å². The fraction of sp³-hybridized carbons (Fsp3) is 0.118. The Kier molecular flexibility index (Phi) is 3.88. The van der Waals surface area contributed by atoms with Crippen molar-refractivity contribution in [1.82, 2.24) is 0 Å². The molecular formula is C17H14O2S. The predicted octanol–water partition coefficient (Wildman–Crippen LogP) is 4.55. The van der Waals surface area contributed by atoms with E-state index < -0.39 is 0 Å². The van der Waals surface area contributed by atoms with Gasteiger partial charge >= 0.3 is 0 Å². The number of fused-ring (bicyclic) bond motifs is 1. The lowest BCUT2D eigenvalue weighted by molar-refractivity contribution is 0.102. The number of para-hydroxylation sites is 1. The summed E-state index contributed by atoms with van der Waals surface area (Å²) in [6, 6.07) is 17.8. The number of hydrogen-bond acceptors (Lipinski definition) is 3. The molecule has 0 aliphatic heterocycles. The van der Waals surface area contributed by atoms with Crippen LogP contribution in [-0.2, 0) is 5.75 Å². The molecule has 2 aromatic carbocycles. The zero-order valence-electron chi connectivity index (χ0n) is 10.9. The van der Waals surface area contributed by atoms with Crippen molar-refractivity contribution >= 4 is 28.5 Å². The summed E-state index contributed by atoms with van der Waals surface area (Å²) in [4.78, 5) is 12.2. The lowest BCUT2D eigenvalue weighted by Crippen LogP contribution is -2.01. The zero-order valence-corrected chi connectivity index (χ0v) is 11.7. The standard InChI is InChI=1S/C17H14O2S/c18-16(12-20-11-13-6-2-1-3-7-13)15-10-19-17-9-5-4-8-14(15)17/h1-10H,11-12H2. The van der Waals surface area contributed by atoms with Gasteiger partial charge in [0.1, 0.15) is 11.8 Å². The molecule has 0 N–H and O–H groups in total. The van der Waals surface area contributed by atoms with Crippen molar-refractivity contribution in [3.05, 3.63) is 72.0 Å². The molecule has 0 aliphatic rings. The first-order valence-corrected chi connectivity index (χ1v) is 7.61. The first-order chi connectivity index (χ1) is 9.84. The normalized spacial score (nSPS) is 10.8. The van der Waals surface area contributed by atoms with Crippen LogP contribution in [-0.4, -0.2) is 11.5 Å². The SMILES string of the molecule is O=C(CSCc1ccccc1)c1coc2ccccc12. The van der Waals surface area contributed by atoms with Gasteiger partial charge in [-0.3, -0.25) is 4.79 Å². The lowest BCUT2D eigenvalue weighted by atomic mass is 10.1. The summed E-state index contributed by atoms with van der Waals surface area (Å²) in [5.41, 5.74) is 2.69. The van der Waals surface area contributed by atoms with E-state index in [0.29, 0.717) is 11.3 Å². The van der Waals surface area contributed by atoms with Gasteiger partial charge in [0.25, 0.3) is 0 Å². The third-order valence-corrected chi connectivity index (χ3v) is 4.13. The first-order valence-electron chi connectivity index (χ1n) is 6.46. The van der Waals surface area contributed by atoms with Crippen LogP contribution >= 0.6 is 11.8 Å². The summed E-state index contributed by atoms with van der Waals surface area (Å²) in [5.74, 6) is 1.44. The van der Waals surface area contributed by atoms with E-state index in [4.69, 9.17) is 4.42 Å². The van der Waals surface area contributed by atoms with E-state index in [-0.39, 0.29) is 5.78 Å². The Morgan fingerprint density at radius 3 is 2.60 bits per heavy atom. The highest BCUT2D eigenvalue weighted by molar-refractivity contribution is 7.99. The van der Waals surface area contributed by atoms with Gasteiger partial charge in [0.05, 0.1) is 11.3 Å². The van der Waals surface area contributed by atoms with Gasteiger partial charge in [-0.05, 0) is 11.6 Å². The molecule has 3 heteroatoms. The van der Waals surface area contributed by atoms with Gasteiger partial charge in [-0.2, -0.15) is 0 Å². The number of rotatable bonds is 5. The maximum absolute atomic E-state index is 12.2. The molecule has 0 unspecified atom stereocenters. The molecule has 0 bridgehead atoms. The molecule has 2 nitrogen and oxygen atoms in total. The summed E-state index contributed by atoms with van der Waals surface area (Å²) in [6.07, 6.45) is 1.57. The molecular weight excluding hydrogens is 268 g/mol. The number of hydrogen-bond donors (Lipinski definition) is 0. The highest BCUT2D eigenvalue weighted by Crippen LogP contribution is 2.23. The van der Waals surface area contributed by atoms with E-state index in [1.54, 1.807) is 18.0 Å². The van der Waals surface area contributed by atoms with Crippen LogP contribution in [0.2, 0.25) is 0 Å². The molecule has 3 aromatic rings. The summed E-state index contributed by atoms with van der Waals surface area (Å²) in [7, 11) is 0. The summed E-state index contributed by atoms with van der Waals surface area (Å²) in [6.45, 7) is 0. The van der Waals surface area contributed by atoms with Gasteiger partial charge in [0.15, 0.2) is 5.78 Å². The molecule has 0 radical (unpaired) electrons. The van der Waals surface area contributed by atoms with E-state index in [2.05, 4.69) is 12.1 Å². The maximum atomic E-state index is 12.2. The molecule has 0 saturated heterocycles. The van der Waals surface area contributed by atoms with Crippen molar-refractivity contribution in [1.29, 1.82) is 0 Å².